The van der Waals surface area contributed by atoms with Gasteiger partial charge in [0.05, 0.1) is 25.0 Å². The van der Waals surface area contributed by atoms with E-state index in [9.17, 15) is 13.2 Å². The molecular weight excluding hydrogens is 263 g/mol. The molecule has 19 heavy (non-hydrogen) atoms. The summed E-state index contributed by atoms with van der Waals surface area (Å²) in [5.74, 6) is 0. The molecule has 0 unspecified atom stereocenters. The molecule has 0 aliphatic rings. The van der Waals surface area contributed by atoms with Gasteiger partial charge in [-0.3, -0.25) is 4.68 Å². The Bertz CT molecular complexity index is 560. The molecule has 0 radical (unpaired) electrons. The molecule has 0 aliphatic carbocycles. The van der Waals surface area contributed by atoms with Crippen molar-refractivity contribution in [3.05, 3.63) is 29.3 Å². The van der Waals surface area contributed by atoms with Crippen molar-refractivity contribution in [2.24, 2.45) is 7.05 Å². The molecular formula is C10H12F3N5O. The molecule has 0 aliphatic heterocycles. The Kier molecular flexibility index (Phi) is 3.56. The average Bonchev–Trinajstić information content (AvgIpc) is 2.86. The van der Waals surface area contributed by atoms with E-state index in [1.807, 2.05) is 0 Å². The van der Waals surface area contributed by atoms with Crippen LogP contribution in [0.25, 0.3) is 0 Å². The normalized spacial score (nSPS) is 12.1. The Morgan fingerprint density at radius 3 is 2.63 bits per heavy atom. The first-order valence-electron chi connectivity index (χ1n) is 5.38. The number of nitrogens with zero attached hydrogens (tertiary/aromatic N) is 5. The summed E-state index contributed by atoms with van der Waals surface area (Å²) >= 11 is 0. The number of halogens is 3. The van der Waals surface area contributed by atoms with E-state index >= 15 is 0 Å². The van der Waals surface area contributed by atoms with Crippen LogP contribution in [-0.4, -0.2) is 31.9 Å². The fourth-order valence-electron chi connectivity index (χ4n) is 1.67. The van der Waals surface area contributed by atoms with E-state index < -0.39 is 11.9 Å². The maximum absolute atomic E-state index is 12.6. The van der Waals surface area contributed by atoms with Crippen LogP contribution < -0.4 is 0 Å². The van der Waals surface area contributed by atoms with E-state index in [-0.39, 0.29) is 12.2 Å². The molecule has 0 amide bonds. The zero-order valence-corrected chi connectivity index (χ0v) is 10.3. The van der Waals surface area contributed by atoms with Crippen LogP contribution >= 0.6 is 0 Å². The van der Waals surface area contributed by atoms with Crippen molar-refractivity contribution in [1.82, 2.24) is 24.8 Å². The Morgan fingerprint density at radius 1 is 1.32 bits per heavy atom. The highest BCUT2D eigenvalue weighted by atomic mass is 19.4. The van der Waals surface area contributed by atoms with Crippen LogP contribution in [0.1, 0.15) is 17.1 Å². The first kappa shape index (κ1) is 13.5. The van der Waals surface area contributed by atoms with E-state index in [2.05, 4.69) is 15.4 Å². The van der Waals surface area contributed by atoms with E-state index in [0.29, 0.717) is 12.3 Å². The topological polar surface area (TPSA) is 57.8 Å². The number of hydrogen-bond acceptors (Lipinski definition) is 4. The summed E-state index contributed by atoms with van der Waals surface area (Å²) in [5, 5.41) is 11.4. The van der Waals surface area contributed by atoms with Crippen molar-refractivity contribution in [3.63, 3.8) is 0 Å². The zero-order chi connectivity index (χ0) is 14.0. The number of aromatic nitrogens is 5. The molecule has 0 saturated carbocycles. The smallest absolute Gasteiger partial charge is 0.378 e. The maximum atomic E-state index is 12.6. The highest BCUT2D eigenvalue weighted by Gasteiger charge is 2.34. The summed E-state index contributed by atoms with van der Waals surface area (Å²) < 4.78 is 44.9. The first-order valence-corrected chi connectivity index (χ1v) is 5.38. The van der Waals surface area contributed by atoms with Gasteiger partial charge in [-0.05, 0) is 6.07 Å². The molecule has 0 aromatic carbocycles. The lowest BCUT2D eigenvalue weighted by molar-refractivity contribution is -0.143. The van der Waals surface area contributed by atoms with Crippen LogP contribution in [0.15, 0.2) is 12.3 Å². The molecule has 2 heterocycles. The van der Waals surface area contributed by atoms with Crippen LogP contribution in [-0.2, 0) is 31.1 Å². The van der Waals surface area contributed by atoms with Crippen LogP contribution in [0.4, 0.5) is 13.2 Å². The van der Waals surface area contributed by atoms with Crippen molar-refractivity contribution in [2.45, 2.75) is 19.3 Å². The second-order valence-corrected chi connectivity index (χ2v) is 3.98. The van der Waals surface area contributed by atoms with Gasteiger partial charge >= 0.3 is 6.18 Å². The predicted molar refractivity (Wildman–Crippen MR) is 58.0 cm³/mol. The fraction of sp³-hybridized carbons (Fsp3) is 0.500. The van der Waals surface area contributed by atoms with Crippen molar-refractivity contribution in [1.29, 1.82) is 0 Å². The highest BCUT2D eigenvalue weighted by molar-refractivity contribution is 5.13. The Hall–Kier alpha value is -1.90. The predicted octanol–water partition coefficient (Wildman–Crippen LogP) is 1.23. The summed E-state index contributed by atoms with van der Waals surface area (Å²) in [5.41, 5.74) is 0.0814. The van der Waals surface area contributed by atoms with Gasteiger partial charge in [0, 0.05) is 14.2 Å². The third kappa shape index (κ3) is 3.11. The van der Waals surface area contributed by atoms with Crippen molar-refractivity contribution in [2.75, 3.05) is 7.11 Å². The lowest BCUT2D eigenvalue weighted by atomic mass is 10.3. The second-order valence-electron chi connectivity index (χ2n) is 3.98. The Balaban J connectivity index is 2.15. The van der Waals surface area contributed by atoms with Gasteiger partial charge in [-0.15, -0.1) is 5.10 Å². The van der Waals surface area contributed by atoms with Crippen LogP contribution in [0, 0.1) is 0 Å². The summed E-state index contributed by atoms with van der Waals surface area (Å²) in [4.78, 5) is 0. The lowest BCUT2D eigenvalue weighted by Crippen LogP contribution is -2.11. The summed E-state index contributed by atoms with van der Waals surface area (Å²) in [7, 11) is 2.78. The van der Waals surface area contributed by atoms with Gasteiger partial charge in [-0.2, -0.15) is 18.3 Å². The van der Waals surface area contributed by atoms with E-state index in [1.165, 1.54) is 18.8 Å². The fourth-order valence-corrected chi connectivity index (χ4v) is 1.67. The molecule has 2 aromatic rings. The maximum Gasteiger partial charge on any atom is 0.433 e. The molecule has 0 fully saturated rings. The second kappa shape index (κ2) is 5.00. The molecule has 6 nitrogen and oxygen atoms in total. The summed E-state index contributed by atoms with van der Waals surface area (Å²) in [6.07, 6.45) is -2.81. The van der Waals surface area contributed by atoms with Crippen molar-refractivity contribution < 1.29 is 17.9 Å². The van der Waals surface area contributed by atoms with Crippen LogP contribution in [0.5, 0.6) is 0 Å². The summed E-state index contributed by atoms with van der Waals surface area (Å²) in [6.45, 7) is 0.427. The third-order valence-corrected chi connectivity index (χ3v) is 2.42. The van der Waals surface area contributed by atoms with Crippen LogP contribution in [0.2, 0.25) is 0 Å². The van der Waals surface area contributed by atoms with E-state index in [1.54, 1.807) is 6.20 Å². The molecule has 2 aromatic heterocycles. The number of ether oxygens (including phenoxy) is 1. The first-order chi connectivity index (χ1) is 8.90. The third-order valence-electron chi connectivity index (χ3n) is 2.42. The van der Waals surface area contributed by atoms with E-state index in [0.717, 1.165) is 10.7 Å². The van der Waals surface area contributed by atoms with Gasteiger partial charge in [-0.25, -0.2) is 4.68 Å². The van der Waals surface area contributed by atoms with E-state index in [4.69, 9.17) is 4.74 Å². The number of rotatable bonds is 4. The molecule has 0 atom stereocenters. The molecule has 0 saturated heterocycles. The molecule has 104 valence electrons. The van der Waals surface area contributed by atoms with Gasteiger partial charge in [0.25, 0.3) is 0 Å². The monoisotopic (exact) mass is 275 g/mol. The number of hydrogen-bond donors (Lipinski definition) is 0. The minimum Gasteiger partial charge on any atom is -0.378 e. The number of alkyl halides is 3. The lowest BCUT2D eigenvalue weighted by Gasteiger charge is -2.04. The zero-order valence-electron chi connectivity index (χ0n) is 10.3. The molecule has 0 spiro atoms. The SMILES string of the molecule is COCc1cn(Cc2cc(C(F)(F)F)n(C)n2)nn1. The largest absolute Gasteiger partial charge is 0.433 e. The molecule has 0 bridgehead atoms. The van der Waals surface area contributed by atoms with Gasteiger partial charge < -0.3 is 4.74 Å². The minimum atomic E-state index is -4.41. The molecule has 0 N–H and O–H groups in total. The van der Waals surface area contributed by atoms with Gasteiger partial charge in [0.1, 0.15) is 11.4 Å². The number of methoxy groups -OCH3 is 1. The average molecular weight is 275 g/mol. The number of aryl methyl sites for hydroxylation is 1. The van der Waals surface area contributed by atoms with Crippen molar-refractivity contribution in [3.8, 4) is 0 Å². The Labute approximate surface area is 106 Å². The highest BCUT2D eigenvalue weighted by Crippen LogP contribution is 2.29. The van der Waals surface area contributed by atoms with Gasteiger partial charge in [-0.1, -0.05) is 5.21 Å². The van der Waals surface area contributed by atoms with Crippen LogP contribution in [0.3, 0.4) is 0 Å². The Morgan fingerprint density at radius 2 is 2.05 bits per heavy atom. The van der Waals surface area contributed by atoms with Crippen molar-refractivity contribution >= 4 is 0 Å². The summed E-state index contributed by atoms with van der Waals surface area (Å²) in [6, 6.07) is 0.998. The standard InChI is InChI=1S/C10H12F3N5O/c1-17-9(10(11,12)13)3-7(15-17)4-18-5-8(6-19-2)14-16-18/h3,5H,4,6H2,1-2H3. The quantitative estimate of drug-likeness (QED) is 0.842. The molecule has 9 heteroatoms. The van der Waals surface area contributed by atoms with Gasteiger partial charge in [0.15, 0.2) is 0 Å². The molecule has 2 rings (SSSR count). The minimum absolute atomic E-state index is 0.126. The van der Waals surface area contributed by atoms with Gasteiger partial charge in [0.2, 0.25) is 0 Å².